The topological polar surface area (TPSA) is 55.0 Å². The summed E-state index contributed by atoms with van der Waals surface area (Å²) in [5.41, 5.74) is 9.76. The molecule has 4 nitrogen and oxygen atoms in total. The second-order valence-electron chi connectivity index (χ2n) is 6.09. The number of rotatable bonds is 3. The van der Waals surface area contributed by atoms with E-state index >= 15 is 0 Å². The molecule has 4 rings (SSSR count). The van der Waals surface area contributed by atoms with Gasteiger partial charge in [-0.1, -0.05) is 23.2 Å². The standard InChI is InChI=1S/C16H16Cl2N4/c17-10-3-4-11(13(18)5-10)15-12-7-22(6-9-1-2-9)8-14(12)20-16(19)21-15/h3-5,9H,1-2,6-8H2,(H2,19,20,21). The second-order valence-corrected chi connectivity index (χ2v) is 6.94. The van der Waals surface area contributed by atoms with Crippen LogP contribution in [0.4, 0.5) is 5.95 Å². The molecule has 1 aromatic heterocycles. The van der Waals surface area contributed by atoms with Crippen LogP contribution in [0, 0.1) is 5.92 Å². The Labute approximate surface area is 139 Å². The molecule has 1 fully saturated rings. The van der Waals surface area contributed by atoms with Gasteiger partial charge < -0.3 is 5.73 Å². The van der Waals surface area contributed by atoms with E-state index in [1.165, 1.54) is 12.8 Å². The first-order valence-electron chi connectivity index (χ1n) is 7.43. The van der Waals surface area contributed by atoms with E-state index in [4.69, 9.17) is 28.9 Å². The second kappa shape index (κ2) is 5.37. The van der Waals surface area contributed by atoms with Crippen LogP contribution in [-0.2, 0) is 13.1 Å². The Balaban J connectivity index is 1.74. The predicted octanol–water partition coefficient (Wildman–Crippen LogP) is 3.76. The van der Waals surface area contributed by atoms with Gasteiger partial charge in [0.05, 0.1) is 16.4 Å². The van der Waals surface area contributed by atoms with Gasteiger partial charge in [0.1, 0.15) is 0 Å². The van der Waals surface area contributed by atoms with Crippen molar-refractivity contribution in [3.05, 3.63) is 39.5 Å². The monoisotopic (exact) mass is 334 g/mol. The van der Waals surface area contributed by atoms with Crippen molar-refractivity contribution in [3.8, 4) is 11.3 Å². The van der Waals surface area contributed by atoms with Crippen LogP contribution in [0.3, 0.4) is 0 Å². The lowest BCUT2D eigenvalue weighted by molar-refractivity contribution is 0.271. The van der Waals surface area contributed by atoms with Crippen molar-refractivity contribution in [2.75, 3.05) is 12.3 Å². The maximum absolute atomic E-state index is 6.35. The first-order chi connectivity index (χ1) is 10.6. The van der Waals surface area contributed by atoms with Crippen molar-refractivity contribution in [2.24, 2.45) is 5.92 Å². The number of nitrogen functional groups attached to an aromatic ring is 1. The minimum absolute atomic E-state index is 0.299. The molecule has 0 spiro atoms. The number of benzene rings is 1. The molecule has 1 aliphatic carbocycles. The van der Waals surface area contributed by atoms with Crippen molar-refractivity contribution in [1.82, 2.24) is 14.9 Å². The predicted molar refractivity (Wildman–Crippen MR) is 88.7 cm³/mol. The highest BCUT2D eigenvalue weighted by atomic mass is 35.5. The van der Waals surface area contributed by atoms with E-state index in [1.807, 2.05) is 12.1 Å². The van der Waals surface area contributed by atoms with Crippen LogP contribution >= 0.6 is 23.2 Å². The first-order valence-corrected chi connectivity index (χ1v) is 8.19. The van der Waals surface area contributed by atoms with E-state index in [9.17, 15) is 0 Å². The molecule has 1 aliphatic heterocycles. The van der Waals surface area contributed by atoms with E-state index in [0.29, 0.717) is 16.0 Å². The SMILES string of the molecule is Nc1nc2c(c(-c3ccc(Cl)cc3Cl)n1)CN(CC1CC1)C2. The number of hydrogen-bond donors (Lipinski definition) is 1. The highest BCUT2D eigenvalue weighted by molar-refractivity contribution is 6.36. The van der Waals surface area contributed by atoms with Crippen molar-refractivity contribution in [1.29, 1.82) is 0 Å². The van der Waals surface area contributed by atoms with Gasteiger partial charge in [0, 0.05) is 35.8 Å². The number of aromatic nitrogens is 2. The van der Waals surface area contributed by atoms with Gasteiger partial charge in [0.15, 0.2) is 0 Å². The molecular formula is C16H16Cl2N4. The number of fused-ring (bicyclic) bond motifs is 1. The summed E-state index contributed by atoms with van der Waals surface area (Å²) in [6.45, 7) is 2.83. The van der Waals surface area contributed by atoms with Gasteiger partial charge in [-0.3, -0.25) is 4.90 Å². The van der Waals surface area contributed by atoms with Crippen LogP contribution < -0.4 is 5.73 Å². The van der Waals surface area contributed by atoms with Crippen molar-refractivity contribution >= 4 is 29.2 Å². The van der Waals surface area contributed by atoms with Crippen molar-refractivity contribution in [2.45, 2.75) is 25.9 Å². The van der Waals surface area contributed by atoms with Crippen LogP contribution in [-0.4, -0.2) is 21.4 Å². The van der Waals surface area contributed by atoms with Crippen LogP contribution in [0.2, 0.25) is 10.0 Å². The molecule has 0 radical (unpaired) electrons. The minimum Gasteiger partial charge on any atom is -0.368 e. The van der Waals surface area contributed by atoms with Crippen LogP contribution in [0.25, 0.3) is 11.3 Å². The van der Waals surface area contributed by atoms with Crippen LogP contribution in [0.15, 0.2) is 18.2 Å². The van der Waals surface area contributed by atoms with E-state index in [1.54, 1.807) is 6.07 Å². The molecule has 2 N–H and O–H groups in total. The Morgan fingerprint density at radius 1 is 1.18 bits per heavy atom. The lowest BCUT2D eigenvalue weighted by Gasteiger charge is -2.13. The lowest BCUT2D eigenvalue weighted by Crippen LogP contribution is -2.19. The highest BCUT2D eigenvalue weighted by Crippen LogP contribution is 2.37. The van der Waals surface area contributed by atoms with Gasteiger partial charge in [0.2, 0.25) is 5.95 Å². The van der Waals surface area contributed by atoms with E-state index in [0.717, 1.165) is 48.1 Å². The van der Waals surface area contributed by atoms with E-state index in [2.05, 4.69) is 14.9 Å². The third kappa shape index (κ3) is 2.67. The number of nitrogens with zero attached hydrogens (tertiary/aromatic N) is 3. The van der Waals surface area contributed by atoms with E-state index in [-0.39, 0.29) is 0 Å². The fourth-order valence-electron chi connectivity index (χ4n) is 3.04. The van der Waals surface area contributed by atoms with Gasteiger partial charge in [0.25, 0.3) is 0 Å². The van der Waals surface area contributed by atoms with Gasteiger partial charge >= 0.3 is 0 Å². The summed E-state index contributed by atoms with van der Waals surface area (Å²) in [5, 5.41) is 1.20. The molecule has 2 aliphatic rings. The summed E-state index contributed by atoms with van der Waals surface area (Å²) in [6, 6.07) is 5.46. The van der Waals surface area contributed by atoms with E-state index < -0.39 is 0 Å². The van der Waals surface area contributed by atoms with Crippen molar-refractivity contribution < 1.29 is 0 Å². The summed E-state index contributed by atoms with van der Waals surface area (Å²) >= 11 is 12.3. The zero-order valence-electron chi connectivity index (χ0n) is 12.0. The molecule has 2 aromatic rings. The Hall–Kier alpha value is -1.36. The van der Waals surface area contributed by atoms with Gasteiger partial charge in [-0.2, -0.15) is 0 Å². The maximum atomic E-state index is 6.35. The minimum atomic E-state index is 0.299. The molecule has 1 aromatic carbocycles. The zero-order valence-corrected chi connectivity index (χ0v) is 13.5. The summed E-state index contributed by atoms with van der Waals surface area (Å²) < 4.78 is 0. The average molecular weight is 335 g/mol. The maximum Gasteiger partial charge on any atom is 0.220 e. The third-order valence-electron chi connectivity index (χ3n) is 4.26. The van der Waals surface area contributed by atoms with Gasteiger partial charge in [-0.25, -0.2) is 9.97 Å². The number of nitrogens with two attached hydrogens (primary N) is 1. The fourth-order valence-corrected chi connectivity index (χ4v) is 3.53. The molecule has 0 amide bonds. The smallest absolute Gasteiger partial charge is 0.220 e. The number of hydrogen-bond acceptors (Lipinski definition) is 4. The average Bonchev–Trinajstić information content (AvgIpc) is 3.16. The third-order valence-corrected chi connectivity index (χ3v) is 4.81. The quantitative estimate of drug-likeness (QED) is 0.928. The molecule has 1 saturated carbocycles. The summed E-state index contributed by atoms with van der Waals surface area (Å²) in [6.07, 6.45) is 2.69. The molecule has 0 atom stereocenters. The number of anilines is 1. The Morgan fingerprint density at radius 2 is 2.00 bits per heavy atom. The molecule has 0 saturated heterocycles. The van der Waals surface area contributed by atoms with Gasteiger partial charge in [-0.05, 0) is 37.0 Å². The molecule has 6 heteroatoms. The molecule has 0 unspecified atom stereocenters. The summed E-state index contributed by atoms with van der Waals surface area (Å²) in [4.78, 5) is 11.3. The summed E-state index contributed by atoms with van der Waals surface area (Å²) in [5.74, 6) is 1.15. The molecule has 2 heterocycles. The molecular weight excluding hydrogens is 319 g/mol. The van der Waals surface area contributed by atoms with Crippen molar-refractivity contribution in [3.63, 3.8) is 0 Å². The Bertz CT molecular complexity index is 743. The Kier molecular flexibility index (Phi) is 3.48. The lowest BCUT2D eigenvalue weighted by atomic mass is 10.1. The van der Waals surface area contributed by atoms with Crippen LogP contribution in [0.1, 0.15) is 24.1 Å². The van der Waals surface area contributed by atoms with Gasteiger partial charge in [-0.15, -0.1) is 0 Å². The largest absolute Gasteiger partial charge is 0.368 e. The summed E-state index contributed by atoms with van der Waals surface area (Å²) in [7, 11) is 0. The Morgan fingerprint density at radius 3 is 2.73 bits per heavy atom. The fraction of sp³-hybridized carbons (Fsp3) is 0.375. The highest BCUT2D eigenvalue weighted by Gasteiger charge is 2.30. The number of halogens is 2. The zero-order chi connectivity index (χ0) is 15.3. The van der Waals surface area contributed by atoms with Crippen LogP contribution in [0.5, 0.6) is 0 Å². The molecule has 0 bridgehead atoms. The normalized spacial score (nSPS) is 17.7. The molecule has 22 heavy (non-hydrogen) atoms. The molecule has 114 valence electrons. The first kappa shape index (κ1) is 14.2.